The third kappa shape index (κ3) is 3.15. The van der Waals surface area contributed by atoms with E-state index in [0.717, 1.165) is 10.6 Å². The van der Waals surface area contributed by atoms with E-state index in [2.05, 4.69) is 10.2 Å². The maximum atomic E-state index is 11.4. The van der Waals surface area contributed by atoms with Crippen LogP contribution in [-0.4, -0.2) is 33.0 Å². The summed E-state index contributed by atoms with van der Waals surface area (Å²) in [7, 11) is 1.62. The number of thioether (sulfide) groups is 1. The molecule has 1 atom stereocenters. The average Bonchev–Trinajstić information content (AvgIpc) is 3.23. The van der Waals surface area contributed by atoms with Crippen molar-refractivity contribution in [1.29, 1.82) is 0 Å². The number of carbonyl (C=O) groups excluding carboxylic acids is 1. The topological polar surface area (TPSA) is 83.0 Å². The first kappa shape index (κ1) is 16.5. The molecule has 0 bridgehead atoms. The van der Waals surface area contributed by atoms with Gasteiger partial charge in [0.05, 0.1) is 22.9 Å². The summed E-state index contributed by atoms with van der Waals surface area (Å²) in [6.07, 6.45) is 0. The molecule has 0 radical (unpaired) electrons. The van der Waals surface area contributed by atoms with Crippen LogP contribution >= 0.6 is 23.1 Å². The number of benzene rings is 1. The Morgan fingerprint density at radius 1 is 1.29 bits per heavy atom. The first-order chi connectivity index (χ1) is 11.6. The van der Waals surface area contributed by atoms with Crippen molar-refractivity contribution in [2.45, 2.75) is 17.3 Å². The number of methoxy groups -OCH3 is 1. The molecule has 0 unspecified atom stereocenters. The molecule has 2 N–H and O–H groups in total. The van der Waals surface area contributed by atoms with E-state index >= 15 is 0 Å². The van der Waals surface area contributed by atoms with Gasteiger partial charge in [-0.1, -0.05) is 30.0 Å². The number of para-hydroxylation sites is 2. The fourth-order valence-corrected chi connectivity index (χ4v) is 3.67. The second kappa shape index (κ2) is 7.06. The average molecular weight is 360 g/mol. The van der Waals surface area contributed by atoms with E-state index in [9.17, 15) is 4.79 Å². The molecule has 8 heteroatoms. The number of aromatic nitrogens is 3. The van der Waals surface area contributed by atoms with Gasteiger partial charge >= 0.3 is 0 Å². The molecule has 24 heavy (non-hydrogen) atoms. The van der Waals surface area contributed by atoms with Crippen LogP contribution in [0.3, 0.4) is 0 Å². The van der Waals surface area contributed by atoms with Crippen LogP contribution < -0.4 is 10.5 Å². The van der Waals surface area contributed by atoms with Crippen LogP contribution in [0.15, 0.2) is 46.9 Å². The van der Waals surface area contributed by atoms with Gasteiger partial charge < -0.3 is 10.5 Å². The van der Waals surface area contributed by atoms with Crippen molar-refractivity contribution < 1.29 is 9.53 Å². The molecule has 0 saturated heterocycles. The highest BCUT2D eigenvalue weighted by molar-refractivity contribution is 8.00. The highest BCUT2D eigenvalue weighted by Gasteiger charge is 2.22. The van der Waals surface area contributed by atoms with E-state index in [4.69, 9.17) is 10.5 Å². The number of ether oxygens (including phenoxy) is 1. The second-order valence-corrected chi connectivity index (χ2v) is 7.21. The molecule has 3 aromatic rings. The lowest BCUT2D eigenvalue weighted by molar-refractivity contribution is -0.117. The van der Waals surface area contributed by atoms with Crippen molar-refractivity contribution in [3.8, 4) is 22.1 Å². The molecule has 6 nitrogen and oxygen atoms in total. The largest absolute Gasteiger partial charge is 0.495 e. The number of nitrogens with zero attached hydrogens (tertiary/aromatic N) is 3. The van der Waals surface area contributed by atoms with E-state index in [0.29, 0.717) is 16.7 Å². The number of nitrogens with two attached hydrogens (primary N) is 1. The van der Waals surface area contributed by atoms with Crippen molar-refractivity contribution in [3.05, 3.63) is 41.8 Å². The molecule has 0 saturated carbocycles. The number of rotatable bonds is 6. The van der Waals surface area contributed by atoms with Crippen molar-refractivity contribution >= 4 is 29.0 Å². The molecule has 0 spiro atoms. The van der Waals surface area contributed by atoms with Crippen molar-refractivity contribution in [2.75, 3.05) is 7.11 Å². The summed E-state index contributed by atoms with van der Waals surface area (Å²) in [6.45, 7) is 1.75. The van der Waals surface area contributed by atoms with E-state index < -0.39 is 11.2 Å². The molecular weight excluding hydrogens is 344 g/mol. The summed E-state index contributed by atoms with van der Waals surface area (Å²) in [5.41, 5.74) is 6.20. The summed E-state index contributed by atoms with van der Waals surface area (Å²) in [4.78, 5) is 12.4. The lowest BCUT2D eigenvalue weighted by Crippen LogP contribution is -2.23. The van der Waals surface area contributed by atoms with Gasteiger partial charge in [-0.15, -0.1) is 21.5 Å². The van der Waals surface area contributed by atoms with Gasteiger partial charge in [-0.05, 0) is 30.5 Å². The van der Waals surface area contributed by atoms with Gasteiger partial charge in [0.1, 0.15) is 5.75 Å². The normalized spacial score (nSPS) is 12.1. The number of carbonyl (C=O) groups is 1. The molecule has 1 aromatic carbocycles. The molecule has 0 aliphatic heterocycles. The molecule has 0 aliphatic rings. The Balaban J connectivity index is 2.16. The van der Waals surface area contributed by atoms with Crippen LogP contribution in [0.4, 0.5) is 0 Å². The van der Waals surface area contributed by atoms with Crippen molar-refractivity contribution in [3.63, 3.8) is 0 Å². The zero-order chi connectivity index (χ0) is 17.1. The number of hydrogen-bond donors (Lipinski definition) is 1. The minimum Gasteiger partial charge on any atom is -0.495 e. The minimum absolute atomic E-state index is 0.396. The monoisotopic (exact) mass is 360 g/mol. The van der Waals surface area contributed by atoms with E-state index in [1.54, 1.807) is 25.4 Å². The smallest absolute Gasteiger partial charge is 0.230 e. The summed E-state index contributed by atoms with van der Waals surface area (Å²) in [5, 5.41) is 10.7. The summed E-state index contributed by atoms with van der Waals surface area (Å²) < 4.78 is 7.37. The first-order valence-corrected chi connectivity index (χ1v) is 8.96. The fraction of sp³-hybridized carbons (Fsp3) is 0.188. The van der Waals surface area contributed by atoms with Gasteiger partial charge in [0.2, 0.25) is 5.91 Å². The Labute approximate surface area is 147 Å². The number of primary amides is 1. The predicted molar refractivity (Wildman–Crippen MR) is 95.7 cm³/mol. The molecule has 0 fully saturated rings. The second-order valence-electron chi connectivity index (χ2n) is 4.95. The van der Waals surface area contributed by atoms with Gasteiger partial charge in [-0.25, -0.2) is 0 Å². The molecular formula is C16H16N4O2S2. The molecule has 0 aliphatic carbocycles. The highest BCUT2D eigenvalue weighted by atomic mass is 32.2. The van der Waals surface area contributed by atoms with Gasteiger partial charge in [0, 0.05) is 0 Å². The van der Waals surface area contributed by atoms with Crippen molar-refractivity contribution in [2.24, 2.45) is 5.73 Å². The number of amides is 1. The quantitative estimate of drug-likeness (QED) is 0.683. The molecule has 124 valence electrons. The SMILES string of the molecule is COc1ccccc1-n1c(S[C@H](C)C(N)=O)nnc1-c1cccs1. The molecule has 2 heterocycles. The van der Waals surface area contributed by atoms with Crippen LogP contribution in [0.1, 0.15) is 6.92 Å². The zero-order valence-electron chi connectivity index (χ0n) is 13.2. The third-order valence-electron chi connectivity index (χ3n) is 3.38. The van der Waals surface area contributed by atoms with E-state index in [-0.39, 0.29) is 0 Å². The van der Waals surface area contributed by atoms with Crippen LogP contribution in [0.25, 0.3) is 16.4 Å². The molecule has 1 amide bonds. The van der Waals surface area contributed by atoms with Crippen LogP contribution in [0.2, 0.25) is 0 Å². The Morgan fingerprint density at radius 2 is 2.08 bits per heavy atom. The van der Waals surface area contributed by atoms with Crippen molar-refractivity contribution in [1.82, 2.24) is 14.8 Å². The Kier molecular flexibility index (Phi) is 4.86. The lowest BCUT2D eigenvalue weighted by Gasteiger charge is -2.14. The van der Waals surface area contributed by atoms with Gasteiger partial charge in [-0.2, -0.15) is 0 Å². The summed E-state index contributed by atoms with van der Waals surface area (Å²) >= 11 is 2.85. The number of thiophene rings is 1. The van der Waals surface area contributed by atoms with Gasteiger partial charge in [0.15, 0.2) is 11.0 Å². The highest BCUT2D eigenvalue weighted by Crippen LogP contribution is 2.35. The summed E-state index contributed by atoms with van der Waals surface area (Å²) in [6, 6.07) is 11.6. The zero-order valence-corrected chi connectivity index (χ0v) is 14.8. The molecule has 3 rings (SSSR count). The van der Waals surface area contributed by atoms with Crippen LogP contribution in [0, 0.1) is 0 Å². The van der Waals surface area contributed by atoms with Crippen LogP contribution in [0.5, 0.6) is 5.75 Å². The Hall–Kier alpha value is -2.32. The van der Waals surface area contributed by atoms with Crippen LogP contribution in [-0.2, 0) is 4.79 Å². The summed E-state index contributed by atoms with van der Waals surface area (Å²) in [5.74, 6) is 1.00. The standard InChI is InChI=1S/C16H16N4O2S2/c1-10(14(17)21)24-16-19-18-15(13-8-5-9-23-13)20(16)11-6-3-4-7-12(11)22-2/h3-10H,1-2H3,(H2,17,21)/t10-/m1/s1. The first-order valence-electron chi connectivity index (χ1n) is 7.20. The maximum Gasteiger partial charge on any atom is 0.230 e. The third-order valence-corrected chi connectivity index (χ3v) is 5.31. The van der Waals surface area contributed by atoms with Gasteiger partial charge in [0.25, 0.3) is 0 Å². The predicted octanol–water partition coefficient (Wildman–Crippen LogP) is 2.97. The lowest BCUT2D eigenvalue weighted by atomic mass is 10.3. The minimum atomic E-state index is -0.418. The molecule has 2 aromatic heterocycles. The van der Waals surface area contributed by atoms with Gasteiger partial charge in [-0.3, -0.25) is 9.36 Å². The Morgan fingerprint density at radius 3 is 2.75 bits per heavy atom. The maximum absolute atomic E-state index is 11.4. The van der Waals surface area contributed by atoms with E-state index in [1.807, 2.05) is 46.3 Å². The Bertz CT molecular complexity index is 846. The fourth-order valence-electron chi connectivity index (χ4n) is 2.16. The number of hydrogen-bond acceptors (Lipinski definition) is 6. The van der Waals surface area contributed by atoms with E-state index in [1.165, 1.54) is 11.8 Å².